The predicted molar refractivity (Wildman–Crippen MR) is 108 cm³/mol. The van der Waals surface area contributed by atoms with Crippen molar-refractivity contribution in [3.8, 4) is 17.2 Å². The summed E-state index contributed by atoms with van der Waals surface area (Å²) in [6, 6.07) is 11.9. The first-order chi connectivity index (χ1) is 13.2. The Morgan fingerprint density at radius 2 is 1.63 bits per heavy atom. The number of hydrogen-bond donors (Lipinski definition) is 1. The molecule has 1 unspecified atom stereocenters. The van der Waals surface area contributed by atoms with E-state index in [-0.39, 0.29) is 6.04 Å². The monoisotopic (exact) mass is 390 g/mol. The Morgan fingerprint density at radius 3 is 2.37 bits per heavy atom. The third-order valence-corrected chi connectivity index (χ3v) is 5.18. The van der Waals surface area contributed by atoms with Crippen LogP contribution in [0.3, 0.4) is 0 Å². The Kier molecular flexibility index (Phi) is 6.83. The molecule has 1 aliphatic rings. The van der Waals surface area contributed by atoms with Crippen molar-refractivity contribution >= 4 is 11.6 Å². The number of hydrogen-bond acceptors (Lipinski definition) is 5. The summed E-state index contributed by atoms with van der Waals surface area (Å²) in [7, 11) is 5.00. The van der Waals surface area contributed by atoms with Crippen molar-refractivity contribution in [2.24, 2.45) is 0 Å². The van der Waals surface area contributed by atoms with E-state index >= 15 is 0 Å². The van der Waals surface area contributed by atoms with Gasteiger partial charge in [-0.05, 0) is 48.9 Å². The Labute approximate surface area is 166 Å². The number of nitrogens with one attached hydrogen (secondary N) is 1. The van der Waals surface area contributed by atoms with Crippen molar-refractivity contribution in [2.45, 2.75) is 12.5 Å². The zero-order chi connectivity index (χ0) is 19.2. The average molecular weight is 391 g/mol. The highest BCUT2D eigenvalue weighted by Gasteiger charge is 2.27. The number of nitrogens with zero attached hydrogens (tertiary/aromatic N) is 1. The topological polar surface area (TPSA) is 43.0 Å². The van der Waals surface area contributed by atoms with Crippen molar-refractivity contribution < 1.29 is 14.2 Å². The van der Waals surface area contributed by atoms with Gasteiger partial charge in [-0.1, -0.05) is 17.7 Å². The quantitative estimate of drug-likeness (QED) is 0.813. The zero-order valence-corrected chi connectivity index (χ0v) is 16.9. The fraction of sp³-hybridized carbons (Fsp3) is 0.429. The summed E-state index contributed by atoms with van der Waals surface area (Å²) in [4.78, 5) is 2.47. The molecule has 2 aromatic rings. The van der Waals surface area contributed by atoms with Gasteiger partial charge in [-0.25, -0.2) is 0 Å². The summed E-state index contributed by atoms with van der Waals surface area (Å²) in [6.45, 7) is 3.91. The molecule has 0 spiro atoms. The minimum absolute atomic E-state index is 0.0124. The van der Waals surface area contributed by atoms with Crippen LogP contribution in [0.2, 0.25) is 5.02 Å². The normalized spacial score (nSPS) is 16.4. The molecule has 27 heavy (non-hydrogen) atoms. The molecule has 0 bridgehead atoms. The average Bonchev–Trinajstić information content (AvgIpc) is 2.97. The third-order valence-electron chi connectivity index (χ3n) is 4.95. The molecular weight excluding hydrogens is 364 g/mol. The molecule has 0 amide bonds. The summed E-state index contributed by atoms with van der Waals surface area (Å²) in [6.07, 6.45) is 1.09. The maximum Gasteiger partial charge on any atom is 0.161 e. The molecule has 1 atom stereocenters. The fourth-order valence-electron chi connectivity index (χ4n) is 3.65. The van der Waals surface area contributed by atoms with E-state index in [0.29, 0.717) is 10.8 Å². The van der Waals surface area contributed by atoms with Crippen LogP contribution in [0.4, 0.5) is 0 Å². The molecule has 1 aliphatic heterocycles. The second-order valence-corrected chi connectivity index (χ2v) is 6.98. The fourth-order valence-corrected chi connectivity index (χ4v) is 3.83. The van der Waals surface area contributed by atoms with Crippen LogP contribution in [0.1, 0.15) is 23.6 Å². The summed E-state index contributed by atoms with van der Waals surface area (Å²) in [5.74, 6) is 2.26. The van der Waals surface area contributed by atoms with Gasteiger partial charge in [-0.3, -0.25) is 4.90 Å². The van der Waals surface area contributed by atoms with Crippen LogP contribution in [0.25, 0.3) is 0 Å². The van der Waals surface area contributed by atoms with Crippen molar-refractivity contribution in [1.82, 2.24) is 10.2 Å². The van der Waals surface area contributed by atoms with E-state index in [0.717, 1.165) is 55.2 Å². The van der Waals surface area contributed by atoms with Gasteiger partial charge in [-0.15, -0.1) is 0 Å². The van der Waals surface area contributed by atoms with E-state index in [1.807, 2.05) is 30.3 Å². The predicted octanol–water partition coefficient (Wildman–Crippen LogP) is 3.75. The lowest BCUT2D eigenvalue weighted by Gasteiger charge is -2.32. The van der Waals surface area contributed by atoms with Gasteiger partial charge >= 0.3 is 0 Å². The van der Waals surface area contributed by atoms with Crippen molar-refractivity contribution in [3.05, 3.63) is 52.5 Å². The smallest absolute Gasteiger partial charge is 0.161 e. The Balaban J connectivity index is 2.12. The molecular formula is C21H27ClN2O3. The number of halogens is 1. The van der Waals surface area contributed by atoms with Crippen molar-refractivity contribution in [2.75, 3.05) is 47.5 Å². The molecule has 0 saturated carbocycles. The molecule has 6 heteroatoms. The van der Waals surface area contributed by atoms with Crippen LogP contribution >= 0.6 is 11.6 Å². The van der Waals surface area contributed by atoms with E-state index in [2.05, 4.69) is 16.3 Å². The summed E-state index contributed by atoms with van der Waals surface area (Å²) in [5, 5.41) is 4.17. The standard InChI is InChI=1S/C21H27ClN2O3/c1-25-18-8-6-16(22)14-17(18)21(24-11-4-9-23-10-12-24)15-5-7-19(26-2)20(13-15)27-3/h5-8,13-14,21,23H,4,9-12H2,1-3H3. The van der Waals surface area contributed by atoms with Crippen LogP contribution < -0.4 is 19.5 Å². The lowest BCUT2D eigenvalue weighted by molar-refractivity contribution is 0.235. The lowest BCUT2D eigenvalue weighted by atomic mass is 9.95. The summed E-state index contributed by atoms with van der Waals surface area (Å²) < 4.78 is 16.6. The molecule has 5 nitrogen and oxygen atoms in total. The van der Waals surface area contributed by atoms with Crippen LogP contribution in [-0.4, -0.2) is 52.4 Å². The van der Waals surface area contributed by atoms with E-state index in [1.165, 1.54) is 0 Å². The molecule has 1 N–H and O–H groups in total. The third kappa shape index (κ3) is 4.49. The maximum absolute atomic E-state index is 6.35. The number of methoxy groups -OCH3 is 3. The van der Waals surface area contributed by atoms with Crippen molar-refractivity contribution in [1.29, 1.82) is 0 Å². The molecule has 2 aromatic carbocycles. The van der Waals surface area contributed by atoms with E-state index in [1.54, 1.807) is 21.3 Å². The van der Waals surface area contributed by atoms with Gasteiger partial charge in [0.25, 0.3) is 0 Å². The SMILES string of the molecule is COc1ccc(C(c2cc(Cl)ccc2OC)N2CCCNCC2)cc1OC. The summed E-state index contributed by atoms with van der Waals surface area (Å²) in [5.41, 5.74) is 2.18. The van der Waals surface area contributed by atoms with Crippen LogP contribution in [-0.2, 0) is 0 Å². The highest BCUT2D eigenvalue weighted by Crippen LogP contribution is 2.39. The number of ether oxygens (including phenoxy) is 3. The van der Waals surface area contributed by atoms with Gasteiger partial charge in [-0.2, -0.15) is 0 Å². The zero-order valence-electron chi connectivity index (χ0n) is 16.1. The van der Waals surface area contributed by atoms with Gasteiger partial charge in [0.2, 0.25) is 0 Å². The molecule has 1 heterocycles. The second-order valence-electron chi connectivity index (χ2n) is 6.54. The maximum atomic E-state index is 6.35. The van der Waals surface area contributed by atoms with E-state index in [9.17, 15) is 0 Å². The van der Waals surface area contributed by atoms with Crippen molar-refractivity contribution in [3.63, 3.8) is 0 Å². The number of rotatable bonds is 6. The largest absolute Gasteiger partial charge is 0.496 e. The van der Waals surface area contributed by atoms with Crippen LogP contribution in [0.5, 0.6) is 17.2 Å². The summed E-state index contributed by atoms with van der Waals surface area (Å²) >= 11 is 6.35. The second kappa shape index (κ2) is 9.31. The Bertz CT molecular complexity index is 761. The van der Waals surface area contributed by atoms with Gasteiger partial charge in [0.15, 0.2) is 11.5 Å². The minimum atomic E-state index is 0.0124. The number of benzene rings is 2. The molecule has 0 radical (unpaired) electrons. The molecule has 1 saturated heterocycles. The minimum Gasteiger partial charge on any atom is -0.496 e. The van der Waals surface area contributed by atoms with Gasteiger partial charge < -0.3 is 19.5 Å². The molecule has 1 fully saturated rings. The van der Waals surface area contributed by atoms with Crippen LogP contribution in [0, 0.1) is 0 Å². The lowest BCUT2D eigenvalue weighted by Crippen LogP contribution is -2.33. The highest BCUT2D eigenvalue weighted by molar-refractivity contribution is 6.30. The van der Waals surface area contributed by atoms with E-state index in [4.69, 9.17) is 25.8 Å². The first-order valence-corrected chi connectivity index (χ1v) is 9.56. The molecule has 3 rings (SSSR count). The Morgan fingerprint density at radius 1 is 0.889 bits per heavy atom. The van der Waals surface area contributed by atoms with Crippen LogP contribution in [0.15, 0.2) is 36.4 Å². The first-order valence-electron chi connectivity index (χ1n) is 9.18. The molecule has 0 aliphatic carbocycles. The Hall–Kier alpha value is -1.95. The molecule has 0 aromatic heterocycles. The molecule has 146 valence electrons. The highest BCUT2D eigenvalue weighted by atomic mass is 35.5. The van der Waals surface area contributed by atoms with Gasteiger partial charge in [0.05, 0.1) is 27.4 Å². The first kappa shape index (κ1) is 19.8. The van der Waals surface area contributed by atoms with E-state index < -0.39 is 0 Å². The van der Waals surface area contributed by atoms with Gasteiger partial charge in [0.1, 0.15) is 5.75 Å². The van der Waals surface area contributed by atoms with Gasteiger partial charge in [0, 0.05) is 30.2 Å².